The van der Waals surface area contributed by atoms with E-state index < -0.39 is 29.8 Å². The molecule has 1 aromatic carbocycles. The minimum absolute atomic E-state index is 0.00437. The van der Waals surface area contributed by atoms with Crippen LogP contribution in [0.3, 0.4) is 0 Å². The van der Waals surface area contributed by atoms with Crippen LogP contribution in [0.2, 0.25) is 0 Å². The summed E-state index contributed by atoms with van der Waals surface area (Å²) in [6, 6.07) is 3.54. The van der Waals surface area contributed by atoms with Crippen LogP contribution in [-0.2, 0) is 0 Å². The van der Waals surface area contributed by atoms with E-state index in [0.29, 0.717) is 28.7 Å². The lowest BCUT2D eigenvalue weighted by Crippen LogP contribution is -2.45. The average molecular weight is 503 g/mol. The zero-order chi connectivity index (χ0) is 23.2. The molecule has 3 aromatic rings. The van der Waals surface area contributed by atoms with E-state index in [1.165, 1.54) is 0 Å². The molecule has 2 amide bonds. The van der Waals surface area contributed by atoms with Crippen LogP contribution in [0, 0.1) is 0 Å². The molecular weight excluding hydrogens is 484 g/mol. The Balaban J connectivity index is 1.55. The van der Waals surface area contributed by atoms with Crippen LogP contribution in [0.5, 0.6) is 0 Å². The van der Waals surface area contributed by atoms with E-state index in [1.54, 1.807) is 18.2 Å². The Bertz CT molecular complexity index is 1180. The van der Waals surface area contributed by atoms with Gasteiger partial charge >= 0.3 is 11.5 Å². The number of carbonyl (C=O) groups is 1. The number of benzene rings is 1. The molecule has 2 saturated heterocycles. The van der Waals surface area contributed by atoms with Crippen molar-refractivity contribution >= 4 is 44.9 Å². The molecule has 0 unspecified atom stereocenters. The molecule has 4 N–H and O–H groups in total. The molecule has 8 nitrogen and oxygen atoms in total. The Morgan fingerprint density at radius 1 is 1.27 bits per heavy atom. The number of rotatable bonds is 5. The number of anilines is 1. The molecule has 2 fully saturated rings. The first-order valence-corrected chi connectivity index (χ1v) is 11.7. The van der Waals surface area contributed by atoms with Crippen molar-refractivity contribution in [1.29, 1.82) is 0 Å². The smallest absolute Gasteiger partial charge is 0.378 e. The van der Waals surface area contributed by atoms with Gasteiger partial charge in [-0.25, -0.2) is 9.18 Å². The molecular formula is C19H18F4N6O2S2. The number of fused-ring (bicyclic) bond motifs is 1. The van der Waals surface area contributed by atoms with Crippen molar-refractivity contribution in [3.05, 3.63) is 24.1 Å². The molecule has 2 aliphatic rings. The van der Waals surface area contributed by atoms with Crippen molar-refractivity contribution < 1.29 is 26.9 Å². The number of hydrogen-bond acceptors (Lipinski definition) is 8. The number of halogens is 4. The van der Waals surface area contributed by atoms with E-state index >= 15 is 0 Å². The van der Waals surface area contributed by atoms with Crippen LogP contribution in [0.25, 0.3) is 20.8 Å². The third-order valence-electron chi connectivity index (χ3n) is 5.35. The quantitative estimate of drug-likeness (QED) is 0.309. The summed E-state index contributed by atoms with van der Waals surface area (Å²) in [5, 5.41) is 15.5. The summed E-state index contributed by atoms with van der Waals surface area (Å²) in [6.45, 7) is 1.10. The number of carbonyl (C=O) groups excluding carboxylic acids is 1. The molecule has 5 rings (SSSR count). The Morgan fingerprint density at radius 2 is 2.12 bits per heavy atom. The third kappa shape index (κ3) is 4.59. The second kappa shape index (κ2) is 8.65. The Hall–Kier alpha value is -2.58. The van der Waals surface area contributed by atoms with Crippen LogP contribution in [0.15, 0.2) is 27.6 Å². The van der Waals surface area contributed by atoms with E-state index in [1.807, 2.05) is 0 Å². The van der Waals surface area contributed by atoms with Gasteiger partial charge in [0.05, 0.1) is 21.3 Å². The maximum Gasteiger partial charge on any atom is 0.446 e. The van der Waals surface area contributed by atoms with Crippen molar-refractivity contribution in [2.24, 2.45) is 0 Å². The summed E-state index contributed by atoms with van der Waals surface area (Å²) in [5.74, 6) is 0.0902. The largest absolute Gasteiger partial charge is 0.446 e. The highest BCUT2D eigenvalue weighted by Crippen LogP contribution is 2.50. The van der Waals surface area contributed by atoms with E-state index in [0.717, 1.165) is 11.3 Å². The standard InChI is InChI=1S/C19H18F4N6O2S2/c20-9-6-24-5-4-10(9)26-11-3-1-2-8-13(11)32-15(14(8)33-19(21,22)23)16-28-17(31-29-16)12-7-25-18(30)27-12/h1-3,9-10,12,24,26H,4-7H2,(H2,25,27,30)/t9-,10+,12+/m0/s1. The van der Waals surface area contributed by atoms with Crippen molar-refractivity contribution in [3.63, 3.8) is 0 Å². The highest BCUT2D eigenvalue weighted by molar-refractivity contribution is 8.00. The van der Waals surface area contributed by atoms with Gasteiger partial charge in [-0.15, -0.1) is 11.3 Å². The van der Waals surface area contributed by atoms with Gasteiger partial charge in [-0.05, 0) is 30.8 Å². The normalized spacial score (nSPS) is 23.5. The zero-order valence-corrected chi connectivity index (χ0v) is 18.5. The van der Waals surface area contributed by atoms with Crippen molar-refractivity contribution in [3.8, 4) is 10.7 Å². The fourth-order valence-corrected chi connectivity index (χ4v) is 5.94. The summed E-state index contributed by atoms with van der Waals surface area (Å²) in [4.78, 5) is 15.8. The highest BCUT2D eigenvalue weighted by atomic mass is 32.2. The second-order valence-electron chi connectivity index (χ2n) is 7.61. The van der Waals surface area contributed by atoms with Crippen LogP contribution in [0.4, 0.5) is 28.0 Å². The number of alkyl halides is 4. The van der Waals surface area contributed by atoms with Crippen molar-refractivity contribution in [1.82, 2.24) is 26.1 Å². The summed E-state index contributed by atoms with van der Waals surface area (Å²) in [6.07, 6.45) is -0.567. The number of nitrogens with zero attached hydrogens (tertiary/aromatic N) is 2. The number of urea groups is 1. The van der Waals surface area contributed by atoms with E-state index in [4.69, 9.17) is 4.52 Å². The van der Waals surface area contributed by atoms with Crippen molar-refractivity contribution in [2.45, 2.75) is 35.1 Å². The number of aromatic nitrogens is 2. The summed E-state index contributed by atoms with van der Waals surface area (Å²) < 4.78 is 60.4. The Morgan fingerprint density at radius 3 is 2.85 bits per heavy atom. The lowest BCUT2D eigenvalue weighted by Gasteiger charge is -2.28. The second-order valence-corrected chi connectivity index (χ2v) is 9.71. The third-order valence-corrected chi connectivity index (χ3v) is 7.58. The van der Waals surface area contributed by atoms with Crippen molar-refractivity contribution in [2.75, 3.05) is 25.0 Å². The number of amides is 2. The Labute approximate surface area is 192 Å². The zero-order valence-electron chi connectivity index (χ0n) is 16.8. The van der Waals surface area contributed by atoms with Crippen LogP contribution < -0.4 is 21.3 Å². The lowest BCUT2D eigenvalue weighted by atomic mass is 10.0. The molecule has 0 saturated carbocycles. The minimum atomic E-state index is -4.54. The number of nitrogens with one attached hydrogen (secondary N) is 4. The SMILES string of the molecule is O=C1NC[C@H](c2nc(-c3sc4c(N[C@@H]5CCNC[C@@H]5F)cccc4c3SC(F)(F)F)no2)N1. The van der Waals surface area contributed by atoms with Gasteiger partial charge in [0.15, 0.2) is 0 Å². The average Bonchev–Trinajstić information content (AvgIpc) is 3.48. The van der Waals surface area contributed by atoms with Gasteiger partial charge in [-0.3, -0.25) is 0 Å². The number of thioether (sulfide) groups is 1. The highest BCUT2D eigenvalue weighted by Gasteiger charge is 2.35. The first kappa shape index (κ1) is 22.2. The topological polar surface area (TPSA) is 104 Å². The molecule has 33 heavy (non-hydrogen) atoms. The molecule has 3 atom stereocenters. The maximum atomic E-state index is 14.3. The first-order valence-electron chi connectivity index (χ1n) is 10.1. The molecule has 14 heteroatoms. The van der Waals surface area contributed by atoms with Gasteiger partial charge in [0.1, 0.15) is 12.2 Å². The molecule has 0 aliphatic carbocycles. The molecule has 2 aromatic heterocycles. The van der Waals surface area contributed by atoms with E-state index in [2.05, 4.69) is 31.4 Å². The molecule has 0 bridgehead atoms. The molecule has 176 valence electrons. The fourth-order valence-electron chi connectivity index (χ4n) is 3.83. The first-order chi connectivity index (χ1) is 15.8. The summed E-state index contributed by atoms with van der Waals surface area (Å²) >= 11 is 0.832. The minimum Gasteiger partial charge on any atom is -0.378 e. The number of hydrogen-bond donors (Lipinski definition) is 4. The lowest BCUT2D eigenvalue weighted by molar-refractivity contribution is -0.0327. The van der Waals surface area contributed by atoms with Gasteiger partial charge in [0, 0.05) is 23.4 Å². The predicted molar refractivity (Wildman–Crippen MR) is 116 cm³/mol. The van der Waals surface area contributed by atoms with Crippen LogP contribution in [0.1, 0.15) is 18.4 Å². The molecule has 0 radical (unpaired) electrons. The van der Waals surface area contributed by atoms with Crippen LogP contribution >= 0.6 is 23.1 Å². The van der Waals surface area contributed by atoms with Gasteiger partial charge < -0.3 is 25.8 Å². The van der Waals surface area contributed by atoms with Gasteiger partial charge in [0.25, 0.3) is 5.89 Å². The van der Waals surface area contributed by atoms with E-state index in [9.17, 15) is 22.4 Å². The number of piperidine rings is 1. The predicted octanol–water partition coefficient (Wildman–Crippen LogP) is 4.03. The fraction of sp³-hybridized carbons (Fsp3) is 0.421. The van der Waals surface area contributed by atoms with Gasteiger partial charge in [0.2, 0.25) is 5.82 Å². The monoisotopic (exact) mass is 502 g/mol. The number of thiophene rings is 1. The van der Waals surface area contributed by atoms with Gasteiger partial charge in [-0.1, -0.05) is 17.3 Å². The maximum absolute atomic E-state index is 14.3. The van der Waals surface area contributed by atoms with Gasteiger partial charge in [-0.2, -0.15) is 18.2 Å². The Kier molecular flexibility index (Phi) is 5.82. The molecule has 2 aliphatic heterocycles. The van der Waals surface area contributed by atoms with Crippen LogP contribution in [-0.4, -0.2) is 53.5 Å². The van der Waals surface area contributed by atoms with E-state index in [-0.39, 0.29) is 46.3 Å². The molecule has 4 heterocycles. The molecule has 0 spiro atoms. The summed E-state index contributed by atoms with van der Waals surface area (Å²) in [7, 11) is 0. The summed E-state index contributed by atoms with van der Waals surface area (Å²) in [5.41, 5.74) is -3.99.